The van der Waals surface area contributed by atoms with E-state index in [0.717, 1.165) is 13.0 Å². The Bertz CT molecular complexity index is 411. The maximum Gasteiger partial charge on any atom is 0.126 e. The predicted molar refractivity (Wildman–Crippen MR) is 69.5 cm³/mol. The van der Waals surface area contributed by atoms with Crippen molar-refractivity contribution in [3.8, 4) is 0 Å². The maximum absolute atomic E-state index is 13.6. The first kappa shape index (κ1) is 13.5. The zero-order chi connectivity index (χ0) is 13.2. The van der Waals surface area contributed by atoms with Crippen LogP contribution in [0.3, 0.4) is 0 Å². The molecule has 2 rings (SSSR count). The van der Waals surface area contributed by atoms with Crippen molar-refractivity contribution in [1.29, 1.82) is 0 Å². The largest absolute Gasteiger partial charge is 0.314 e. The second-order valence-electron chi connectivity index (χ2n) is 6.06. The van der Waals surface area contributed by atoms with Gasteiger partial charge in [0, 0.05) is 6.04 Å². The van der Waals surface area contributed by atoms with Gasteiger partial charge in [0.15, 0.2) is 0 Å². The molecule has 18 heavy (non-hydrogen) atoms. The quantitative estimate of drug-likeness (QED) is 0.815. The molecule has 0 heterocycles. The van der Waals surface area contributed by atoms with Gasteiger partial charge in [-0.05, 0) is 61.4 Å². The SMILES string of the molecule is CC(C)(CCNC1CC1)Cc1cc(F)ccc1F. The molecule has 0 spiro atoms. The highest BCUT2D eigenvalue weighted by molar-refractivity contribution is 5.20. The van der Waals surface area contributed by atoms with Crippen LogP contribution in [-0.2, 0) is 6.42 Å². The van der Waals surface area contributed by atoms with Gasteiger partial charge in [-0.3, -0.25) is 0 Å². The van der Waals surface area contributed by atoms with Crippen molar-refractivity contribution in [2.75, 3.05) is 6.54 Å². The lowest BCUT2D eigenvalue weighted by molar-refractivity contribution is 0.320. The number of halogens is 2. The van der Waals surface area contributed by atoms with E-state index < -0.39 is 0 Å². The molecule has 3 heteroatoms. The Kier molecular flexibility index (Phi) is 4.00. The van der Waals surface area contributed by atoms with Crippen LogP contribution in [0, 0.1) is 17.0 Å². The molecule has 100 valence electrons. The van der Waals surface area contributed by atoms with E-state index in [-0.39, 0.29) is 17.0 Å². The molecule has 0 aliphatic heterocycles. The molecule has 0 saturated heterocycles. The summed E-state index contributed by atoms with van der Waals surface area (Å²) in [6, 6.07) is 4.39. The van der Waals surface area contributed by atoms with Gasteiger partial charge in [-0.2, -0.15) is 0 Å². The standard InChI is InChI=1S/C15H21F2N/c1-15(2,7-8-18-13-4-5-13)10-11-9-12(16)3-6-14(11)17/h3,6,9,13,18H,4-5,7-8,10H2,1-2H3. The summed E-state index contributed by atoms with van der Waals surface area (Å²) in [5.74, 6) is -0.669. The summed E-state index contributed by atoms with van der Waals surface area (Å²) in [6.07, 6.45) is 4.10. The van der Waals surface area contributed by atoms with Crippen LogP contribution in [0.1, 0.15) is 38.7 Å². The van der Waals surface area contributed by atoms with Crippen LogP contribution >= 0.6 is 0 Å². The van der Waals surface area contributed by atoms with E-state index in [9.17, 15) is 8.78 Å². The normalized spacial score (nSPS) is 16.0. The van der Waals surface area contributed by atoms with Gasteiger partial charge in [-0.15, -0.1) is 0 Å². The van der Waals surface area contributed by atoms with E-state index in [2.05, 4.69) is 19.2 Å². The third kappa shape index (κ3) is 4.05. The van der Waals surface area contributed by atoms with Crippen LogP contribution in [0.2, 0.25) is 0 Å². The first-order valence-corrected chi connectivity index (χ1v) is 6.64. The molecular weight excluding hydrogens is 232 g/mol. The van der Waals surface area contributed by atoms with Crippen molar-refractivity contribution in [3.63, 3.8) is 0 Å². The second kappa shape index (κ2) is 5.35. The zero-order valence-corrected chi connectivity index (χ0v) is 11.1. The number of rotatable bonds is 6. The van der Waals surface area contributed by atoms with E-state index >= 15 is 0 Å². The van der Waals surface area contributed by atoms with Crippen LogP contribution in [-0.4, -0.2) is 12.6 Å². The van der Waals surface area contributed by atoms with Crippen LogP contribution < -0.4 is 5.32 Å². The first-order chi connectivity index (χ1) is 8.46. The topological polar surface area (TPSA) is 12.0 Å². The molecule has 0 radical (unpaired) electrons. The average molecular weight is 253 g/mol. The lowest BCUT2D eigenvalue weighted by atomic mass is 9.82. The minimum Gasteiger partial charge on any atom is -0.314 e. The lowest BCUT2D eigenvalue weighted by Gasteiger charge is -2.25. The highest BCUT2D eigenvalue weighted by atomic mass is 19.1. The third-order valence-electron chi connectivity index (χ3n) is 3.49. The van der Waals surface area contributed by atoms with Gasteiger partial charge in [0.25, 0.3) is 0 Å². The van der Waals surface area contributed by atoms with Crippen molar-refractivity contribution < 1.29 is 8.78 Å². The lowest BCUT2D eigenvalue weighted by Crippen LogP contribution is -2.25. The minimum atomic E-state index is -0.363. The fourth-order valence-electron chi connectivity index (χ4n) is 2.18. The van der Waals surface area contributed by atoms with E-state index in [1.807, 2.05) is 0 Å². The van der Waals surface area contributed by atoms with E-state index in [1.54, 1.807) is 0 Å². The first-order valence-electron chi connectivity index (χ1n) is 6.64. The van der Waals surface area contributed by atoms with Crippen molar-refractivity contribution in [1.82, 2.24) is 5.32 Å². The predicted octanol–water partition coefficient (Wildman–Crippen LogP) is 3.68. The summed E-state index contributed by atoms with van der Waals surface area (Å²) in [6.45, 7) is 5.16. The second-order valence-corrected chi connectivity index (χ2v) is 6.06. The molecule has 1 aliphatic rings. The van der Waals surface area contributed by atoms with Crippen molar-refractivity contribution in [2.24, 2.45) is 5.41 Å². The summed E-state index contributed by atoms with van der Waals surface area (Å²) in [7, 11) is 0. The van der Waals surface area contributed by atoms with E-state index in [0.29, 0.717) is 18.0 Å². The summed E-state index contributed by atoms with van der Waals surface area (Å²) in [5.41, 5.74) is 0.461. The fraction of sp³-hybridized carbons (Fsp3) is 0.600. The Morgan fingerprint density at radius 1 is 1.28 bits per heavy atom. The van der Waals surface area contributed by atoms with Crippen molar-refractivity contribution in [3.05, 3.63) is 35.4 Å². The monoisotopic (exact) mass is 253 g/mol. The molecule has 1 saturated carbocycles. The van der Waals surface area contributed by atoms with Gasteiger partial charge < -0.3 is 5.32 Å². The molecule has 1 aliphatic carbocycles. The molecule has 0 amide bonds. The molecule has 0 aromatic heterocycles. The molecule has 0 bridgehead atoms. The number of benzene rings is 1. The van der Waals surface area contributed by atoms with E-state index in [1.165, 1.54) is 31.0 Å². The minimum absolute atomic E-state index is 0.0173. The number of nitrogens with one attached hydrogen (secondary N) is 1. The molecule has 1 N–H and O–H groups in total. The summed E-state index contributed by atoms with van der Waals surface area (Å²) < 4.78 is 26.7. The summed E-state index contributed by atoms with van der Waals surface area (Å²) in [5, 5.41) is 3.46. The van der Waals surface area contributed by atoms with Gasteiger partial charge in [0.1, 0.15) is 11.6 Å². The van der Waals surface area contributed by atoms with Gasteiger partial charge in [0.05, 0.1) is 0 Å². The highest BCUT2D eigenvalue weighted by Gasteiger charge is 2.24. The Labute approximate surface area is 108 Å². The smallest absolute Gasteiger partial charge is 0.126 e. The molecule has 1 aromatic rings. The Balaban J connectivity index is 1.90. The van der Waals surface area contributed by atoms with Gasteiger partial charge >= 0.3 is 0 Å². The van der Waals surface area contributed by atoms with Crippen LogP contribution in [0.4, 0.5) is 8.78 Å². The van der Waals surface area contributed by atoms with Crippen molar-refractivity contribution >= 4 is 0 Å². The molecule has 0 unspecified atom stereocenters. The van der Waals surface area contributed by atoms with Crippen LogP contribution in [0.5, 0.6) is 0 Å². The van der Waals surface area contributed by atoms with Crippen LogP contribution in [0.15, 0.2) is 18.2 Å². The van der Waals surface area contributed by atoms with Gasteiger partial charge in [-0.1, -0.05) is 13.8 Å². The molecule has 1 nitrogen and oxygen atoms in total. The van der Waals surface area contributed by atoms with Crippen molar-refractivity contribution in [2.45, 2.75) is 45.6 Å². The Morgan fingerprint density at radius 3 is 2.67 bits per heavy atom. The fourth-order valence-corrected chi connectivity index (χ4v) is 2.18. The average Bonchev–Trinajstić information content (AvgIpc) is 3.07. The number of hydrogen-bond donors (Lipinski definition) is 1. The molecule has 0 atom stereocenters. The molecule has 1 aromatic carbocycles. The summed E-state index contributed by atoms with van der Waals surface area (Å²) in [4.78, 5) is 0. The maximum atomic E-state index is 13.6. The zero-order valence-electron chi connectivity index (χ0n) is 11.1. The highest BCUT2D eigenvalue weighted by Crippen LogP contribution is 2.28. The molecular formula is C15H21F2N. The van der Waals surface area contributed by atoms with Gasteiger partial charge in [0.2, 0.25) is 0 Å². The summed E-state index contributed by atoms with van der Waals surface area (Å²) >= 11 is 0. The number of hydrogen-bond acceptors (Lipinski definition) is 1. The Morgan fingerprint density at radius 2 is 2.00 bits per heavy atom. The van der Waals surface area contributed by atoms with Crippen LogP contribution in [0.25, 0.3) is 0 Å². The third-order valence-corrected chi connectivity index (χ3v) is 3.49. The van der Waals surface area contributed by atoms with Gasteiger partial charge in [-0.25, -0.2) is 8.78 Å². The Hall–Kier alpha value is -0.960. The molecule has 1 fully saturated rings. The van der Waals surface area contributed by atoms with E-state index in [4.69, 9.17) is 0 Å².